The molecule has 3 heterocycles. The average molecular weight is 355 g/mol. The third kappa shape index (κ3) is 3.20. The van der Waals surface area contributed by atoms with Crippen LogP contribution in [0.3, 0.4) is 0 Å². The molecule has 4 nitrogen and oxygen atoms in total. The standard InChI is InChI=1S/C23H21N3O/c1-2-6-18(7-3-1)22-15-25-23(27-22)16-26-12-10-17(11-13-26)20-14-24-21-9-5-4-8-19(20)21/h1-10,14-15,24H,11-13,16H2. The van der Waals surface area contributed by atoms with Gasteiger partial charge in [-0.2, -0.15) is 0 Å². The van der Waals surface area contributed by atoms with Gasteiger partial charge in [0.25, 0.3) is 0 Å². The number of hydrogen-bond donors (Lipinski definition) is 1. The second-order valence-electron chi connectivity index (χ2n) is 6.95. The summed E-state index contributed by atoms with van der Waals surface area (Å²) in [4.78, 5) is 10.2. The molecular weight excluding hydrogens is 334 g/mol. The third-order valence-corrected chi connectivity index (χ3v) is 5.20. The van der Waals surface area contributed by atoms with Gasteiger partial charge in [0.1, 0.15) is 0 Å². The van der Waals surface area contributed by atoms with E-state index < -0.39 is 0 Å². The minimum Gasteiger partial charge on any atom is -0.439 e. The summed E-state index contributed by atoms with van der Waals surface area (Å²) in [5.41, 5.74) is 5.01. The van der Waals surface area contributed by atoms with Crippen molar-refractivity contribution in [3.63, 3.8) is 0 Å². The Morgan fingerprint density at radius 1 is 1.04 bits per heavy atom. The number of aromatic nitrogens is 2. The molecule has 0 radical (unpaired) electrons. The van der Waals surface area contributed by atoms with E-state index in [1.54, 1.807) is 0 Å². The zero-order valence-corrected chi connectivity index (χ0v) is 15.1. The van der Waals surface area contributed by atoms with E-state index in [2.05, 4.69) is 51.4 Å². The highest BCUT2D eigenvalue weighted by molar-refractivity contribution is 5.92. The van der Waals surface area contributed by atoms with E-state index in [1.165, 1.54) is 22.0 Å². The fourth-order valence-corrected chi connectivity index (χ4v) is 3.75. The van der Waals surface area contributed by atoms with Crippen molar-refractivity contribution in [3.8, 4) is 11.3 Å². The first-order valence-corrected chi connectivity index (χ1v) is 9.35. The summed E-state index contributed by atoms with van der Waals surface area (Å²) in [6.45, 7) is 2.66. The molecule has 0 saturated carbocycles. The highest BCUT2D eigenvalue weighted by Gasteiger charge is 2.17. The van der Waals surface area contributed by atoms with Crippen LogP contribution >= 0.6 is 0 Å². The summed E-state index contributed by atoms with van der Waals surface area (Å²) in [6, 6.07) is 18.6. The predicted octanol–water partition coefficient (Wildman–Crippen LogP) is 5.11. The average Bonchev–Trinajstić information content (AvgIpc) is 3.37. The maximum atomic E-state index is 5.95. The Labute approximate surface area is 158 Å². The van der Waals surface area contributed by atoms with Crippen LogP contribution < -0.4 is 0 Å². The van der Waals surface area contributed by atoms with Crippen molar-refractivity contribution < 1.29 is 4.42 Å². The first kappa shape index (κ1) is 16.1. The molecule has 4 heteroatoms. The van der Waals surface area contributed by atoms with E-state index in [0.29, 0.717) is 0 Å². The van der Waals surface area contributed by atoms with E-state index in [4.69, 9.17) is 4.42 Å². The molecule has 0 aliphatic carbocycles. The van der Waals surface area contributed by atoms with Crippen molar-refractivity contribution in [1.29, 1.82) is 0 Å². The van der Waals surface area contributed by atoms with Crippen LogP contribution in [-0.4, -0.2) is 28.0 Å². The monoisotopic (exact) mass is 355 g/mol. The fourth-order valence-electron chi connectivity index (χ4n) is 3.75. The van der Waals surface area contributed by atoms with Crippen LogP contribution in [0.5, 0.6) is 0 Å². The van der Waals surface area contributed by atoms with E-state index >= 15 is 0 Å². The molecule has 1 aliphatic heterocycles. The highest BCUT2D eigenvalue weighted by atomic mass is 16.4. The van der Waals surface area contributed by atoms with Crippen molar-refractivity contribution in [2.24, 2.45) is 0 Å². The molecule has 4 aromatic rings. The summed E-state index contributed by atoms with van der Waals surface area (Å²) < 4.78 is 5.95. The molecule has 0 amide bonds. The van der Waals surface area contributed by atoms with Crippen LogP contribution in [0.2, 0.25) is 0 Å². The minimum absolute atomic E-state index is 0.741. The second kappa shape index (κ2) is 6.89. The molecule has 1 N–H and O–H groups in total. The molecule has 2 aromatic carbocycles. The lowest BCUT2D eigenvalue weighted by atomic mass is 9.99. The van der Waals surface area contributed by atoms with Gasteiger partial charge in [0.2, 0.25) is 5.89 Å². The Bertz CT molecular complexity index is 1090. The molecule has 2 aromatic heterocycles. The topological polar surface area (TPSA) is 45.1 Å². The molecule has 134 valence electrons. The quantitative estimate of drug-likeness (QED) is 0.553. The van der Waals surface area contributed by atoms with Crippen LogP contribution in [0.4, 0.5) is 0 Å². The van der Waals surface area contributed by atoms with Gasteiger partial charge in [0, 0.05) is 41.3 Å². The number of para-hydroxylation sites is 1. The summed E-state index contributed by atoms with van der Waals surface area (Å²) in [6.07, 6.45) is 7.32. The molecule has 0 atom stereocenters. The lowest BCUT2D eigenvalue weighted by molar-refractivity contribution is 0.263. The maximum Gasteiger partial charge on any atom is 0.209 e. The minimum atomic E-state index is 0.741. The van der Waals surface area contributed by atoms with Crippen molar-refractivity contribution >= 4 is 16.5 Å². The first-order valence-electron chi connectivity index (χ1n) is 9.35. The van der Waals surface area contributed by atoms with E-state index in [1.807, 2.05) is 36.5 Å². The van der Waals surface area contributed by atoms with Crippen LogP contribution in [-0.2, 0) is 6.54 Å². The predicted molar refractivity (Wildman–Crippen MR) is 108 cm³/mol. The second-order valence-corrected chi connectivity index (χ2v) is 6.95. The number of aromatic amines is 1. The van der Waals surface area contributed by atoms with Crippen LogP contribution in [0.25, 0.3) is 27.8 Å². The third-order valence-electron chi connectivity index (χ3n) is 5.20. The van der Waals surface area contributed by atoms with E-state index in [0.717, 1.165) is 43.3 Å². The van der Waals surface area contributed by atoms with Gasteiger partial charge in [0.15, 0.2) is 5.76 Å². The van der Waals surface area contributed by atoms with E-state index in [-0.39, 0.29) is 0 Å². The zero-order valence-electron chi connectivity index (χ0n) is 15.1. The van der Waals surface area contributed by atoms with Gasteiger partial charge in [-0.15, -0.1) is 0 Å². The normalized spacial score (nSPS) is 15.2. The SMILES string of the molecule is C1=C(c2c[nH]c3ccccc23)CCN(Cc2ncc(-c3ccccc3)o2)C1. The molecular formula is C23H21N3O. The molecule has 0 bridgehead atoms. The largest absolute Gasteiger partial charge is 0.439 e. The number of nitrogens with zero attached hydrogens (tertiary/aromatic N) is 2. The maximum absolute atomic E-state index is 5.95. The summed E-state index contributed by atoms with van der Waals surface area (Å²) in [5.74, 6) is 1.61. The summed E-state index contributed by atoms with van der Waals surface area (Å²) in [7, 11) is 0. The number of nitrogens with one attached hydrogen (secondary N) is 1. The number of rotatable bonds is 4. The Kier molecular flexibility index (Phi) is 4.11. The van der Waals surface area contributed by atoms with Gasteiger partial charge >= 0.3 is 0 Å². The molecule has 0 unspecified atom stereocenters. The number of oxazole rings is 1. The molecule has 5 rings (SSSR count). The van der Waals surface area contributed by atoms with Crippen LogP contribution in [0.1, 0.15) is 17.9 Å². The number of fused-ring (bicyclic) bond motifs is 1. The molecule has 0 fully saturated rings. The van der Waals surface area contributed by atoms with Crippen molar-refractivity contribution in [2.45, 2.75) is 13.0 Å². The zero-order chi connectivity index (χ0) is 18.1. The van der Waals surface area contributed by atoms with Gasteiger partial charge in [-0.3, -0.25) is 4.90 Å². The molecule has 27 heavy (non-hydrogen) atoms. The summed E-state index contributed by atoms with van der Waals surface area (Å²) in [5, 5.41) is 1.30. The smallest absolute Gasteiger partial charge is 0.209 e. The fraction of sp³-hybridized carbons (Fsp3) is 0.174. The van der Waals surface area contributed by atoms with Crippen LogP contribution in [0, 0.1) is 0 Å². The molecule has 0 saturated heterocycles. The van der Waals surface area contributed by atoms with Crippen molar-refractivity contribution in [2.75, 3.05) is 13.1 Å². The van der Waals surface area contributed by atoms with Gasteiger partial charge in [-0.1, -0.05) is 54.6 Å². The van der Waals surface area contributed by atoms with Gasteiger partial charge in [-0.25, -0.2) is 4.98 Å². The highest BCUT2D eigenvalue weighted by Crippen LogP contribution is 2.29. The lowest BCUT2D eigenvalue weighted by Gasteiger charge is -2.25. The number of hydrogen-bond acceptors (Lipinski definition) is 3. The lowest BCUT2D eigenvalue weighted by Crippen LogP contribution is -2.28. The number of H-pyrrole nitrogens is 1. The Hall–Kier alpha value is -3.11. The number of benzene rings is 2. The first-order chi connectivity index (χ1) is 13.4. The Morgan fingerprint density at radius 3 is 2.74 bits per heavy atom. The van der Waals surface area contributed by atoms with Crippen LogP contribution in [0.15, 0.2) is 77.5 Å². The Morgan fingerprint density at radius 2 is 1.89 bits per heavy atom. The molecule has 0 spiro atoms. The van der Waals surface area contributed by atoms with Gasteiger partial charge < -0.3 is 9.40 Å². The van der Waals surface area contributed by atoms with Crippen molar-refractivity contribution in [1.82, 2.24) is 14.9 Å². The summed E-state index contributed by atoms with van der Waals surface area (Å²) >= 11 is 0. The van der Waals surface area contributed by atoms with Gasteiger partial charge in [-0.05, 0) is 18.1 Å². The Balaban J connectivity index is 1.29. The van der Waals surface area contributed by atoms with Crippen molar-refractivity contribution in [3.05, 3.63) is 84.5 Å². The molecule has 1 aliphatic rings. The van der Waals surface area contributed by atoms with Gasteiger partial charge in [0.05, 0.1) is 12.7 Å². The van der Waals surface area contributed by atoms with E-state index in [9.17, 15) is 0 Å².